The molecule has 19 heavy (non-hydrogen) atoms. The number of methoxy groups -OCH3 is 1. The van der Waals surface area contributed by atoms with Crippen molar-refractivity contribution in [3.8, 4) is 0 Å². The van der Waals surface area contributed by atoms with Crippen molar-refractivity contribution in [3.63, 3.8) is 0 Å². The molecule has 1 aromatic rings. The minimum Gasteiger partial charge on any atom is -0.389 e. The van der Waals surface area contributed by atoms with Crippen molar-refractivity contribution in [1.29, 1.82) is 0 Å². The zero-order chi connectivity index (χ0) is 13.8. The van der Waals surface area contributed by atoms with Crippen LogP contribution in [0.1, 0.15) is 5.56 Å². The van der Waals surface area contributed by atoms with Crippen LogP contribution in [0.15, 0.2) is 28.7 Å². The van der Waals surface area contributed by atoms with Crippen LogP contribution in [0.4, 0.5) is 0 Å². The molecule has 4 nitrogen and oxygen atoms in total. The maximum absolute atomic E-state index is 10.3. The van der Waals surface area contributed by atoms with E-state index in [2.05, 4.69) is 33.0 Å². The van der Waals surface area contributed by atoms with E-state index in [-0.39, 0.29) is 12.1 Å². The number of nitrogens with zero attached hydrogens (tertiary/aromatic N) is 1. The molecule has 1 fully saturated rings. The summed E-state index contributed by atoms with van der Waals surface area (Å²) in [6.45, 7) is 1.76. The number of halogens is 1. The summed E-state index contributed by atoms with van der Waals surface area (Å²) in [7, 11) is 3.60. The Morgan fingerprint density at radius 2 is 2.26 bits per heavy atom. The first kappa shape index (κ1) is 14.9. The Labute approximate surface area is 122 Å². The van der Waals surface area contributed by atoms with Crippen LogP contribution in [0.3, 0.4) is 0 Å². The molecule has 1 saturated heterocycles. The summed E-state index contributed by atoms with van der Waals surface area (Å²) in [5.74, 6) is 0. The lowest BCUT2D eigenvalue weighted by molar-refractivity contribution is -0.142. The Hall–Kier alpha value is -0.460. The number of benzene rings is 1. The number of ether oxygens (including phenoxy) is 2. The molecule has 1 N–H and O–H groups in total. The maximum Gasteiger partial charge on any atom is 0.108 e. The van der Waals surface area contributed by atoms with E-state index < -0.39 is 6.10 Å². The van der Waals surface area contributed by atoms with Gasteiger partial charge in [-0.15, -0.1) is 0 Å². The predicted molar refractivity (Wildman–Crippen MR) is 77.0 cm³/mol. The Bertz CT molecular complexity index is 415. The van der Waals surface area contributed by atoms with Gasteiger partial charge in [-0.25, -0.2) is 0 Å². The maximum atomic E-state index is 10.3. The zero-order valence-electron chi connectivity index (χ0n) is 11.3. The van der Waals surface area contributed by atoms with Crippen molar-refractivity contribution in [2.75, 3.05) is 27.4 Å². The second kappa shape index (κ2) is 6.81. The summed E-state index contributed by atoms with van der Waals surface area (Å²) in [5, 5.41) is 10.3. The number of hydrogen-bond acceptors (Lipinski definition) is 4. The van der Waals surface area contributed by atoms with Gasteiger partial charge in [0, 0.05) is 18.1 Å². The molecule has 0 saturated carbocycles. The highest BCUT2D eigenvalue weighted by molar-refractivity contribution is 9.10. The van der Waals surface area contributed by atoms with E-state index in [0.29, 0.717) is 13.2 Å². The van der Waals surface area contributed by atoms with E-state index in [9.17, 15) is 5.11 Å². The molecule has 2 rings (SSSR count). The third-order valence-electron chi connectivity index (χ3n) is 3.54. The highest BCUT2D eigenvalue weighted by Crippen LogP contribution is 2.19. The van der Waals surface area contributed by atoms with Crippen molar-refractivity contribution in [3.05, 3.63) is 34.3 Å². The van der Waals surface area contributed by atoms with Crippen molar-refractivity contribution in [2.24, 2.45) is 0 Å². The molecular weight excluding hydrogens is 310 g/mol. The fourth-order valence-corrected chi connectivity index (χ4v) is 2.83. The molecule has 0 aromatic heterocycles. The second-order valence-corrected chi connectivity index (χ2v) is 5.83. The van der Waals surface area contributed by atoms with Gasteiger partial charge in [0.15, 0.2) is 0 Å². The zero-order valence-corrected chi connectivity index (χ0v) is 12.8. The molecule has 0 amide bonds. The van der Waals surface area contributed by atoms with Gasteiger partial charge in [-0.05, 0) is 24.7 Å². The second-order valence-electron chi connectivity index (χ2n) is 4.91. The van der Waals surface area contributed by atoms with Crippen LogP contribution >= 0.6 is 15.9 Å². The molecule has 0 aliphatic carbocycles. The Morgan fingerprint density at radius 3 is 2.95 bits per heavy atom. The van der Waals surface area contributed by atoms with Crippen LogP contribution in [0.25, 0.3) is 0 Å². The molecule has 1 aromatic carbocycles. The summed E-state index contributed by atoms with van der Waals surface area (Å²) < 4.78 is 11.8. The standard InChI is InChI=1S/C14H20BrNO3/c1-16(7-10-4-3-5-11(15)6-10)12-8-19-9-13(18-2)14(12)17/h3-6,12-14,17H,7-9H2,1-2H3/t12-,13-,14+/m1/s1. The summed E-state index contributed by atoms with van der Waals surface area (Å²) >= 11 is 3.47. The van der Waals surface area contributed by atoms with Gasteiger partial charge in [-0.3, -0.25) is 4.90 Å². The lowest BCUT2D eigenvalue weighted by Gasteiger charge is -2.39. The minimum atomic E-state index is -0.518. The van der Waals surface area contributed by atoms with Gasteiger partial charge in [-0.2, -0.15) is 0 Å². The molecular formula is C14H20BrNO3. The summed E-state index contributed by atoms with van der Waals surface area (Å²) in [6, 6.07) is 8.13. The third kappa shape index (κ3) is 3.77. The lowest BCUT2D eigenvalue weighted by atomic mass is 10.0. The highest BCUT2D eigenvalue weighted by atomic mass is 79.9. The average molecular weight is 330 g/mol. The van der Waals surface area contributed by atoms with Gasteiger partial charge in [-0.1, -0.05) is 28.1 Å². The van der Waals surface area contributed by atoms with Gasteiger partial charge < -0.3 is 14.6 Å². The summed E-state index contributed by atoms with van der Waals surface area (Å²) in [4.78, 5) is 2.11. The molecule has 0 spiro atoms. The molecule has 1 heterocycles. The van der Waals surface area contributed by atoms with Gasteiger partial charge in [0.1, 0.15) is 12.2 Å². The molecule has 0 unspecified atom stereocenters. The van der Waals surface area contributed by atoms with E-state index in [0.717, 1.165) is 11.0 Å². The van der Waals surface area contributed by atoms with Crippen molar-refractivity contribution >= 4 is 15.9 Å². The van der Waals surface area contributed by atoms with E-state index in [1.807, 2.05) is 19.2 Å². The Morgan fingerprint density at radius 1 is 1.47 bits per heavy atom. The molecule has 0 bridgehead atoms. The number of aliphatic hydroxyl groups excluding tert-OH is 1. The normalized spacial score (nSPS) is 27.7. The average Bonchev–Trinajstić information content (AvgIpc) is 2.39. The SMILES string of the molecule is CO[C@@H]1COC[C@@H](N(C)Cc2cccc(Br)c2)[C@@H]1O. The van der Waals surface area contributed by atoms with Crippen LogP contribution in [0, 0.1) is 0 Å². The first-order chi connectivity index (χ1) is 9.11. The van der Waals surface area contributed by atoms with E-state index in [4.69, 9.17) is 9.47 Å². The van der Waals surface area contributed by atoms with Crippen molar-refractivity contribution in [2.45, 2.75) is 24.8 Å². The molecule has 106 valence electrons. The first-order valence-electron chi connectivity index (χ1n) is 6.35. The van der Waals surface area contributed by atoms with E-state index >= 15 is 0 Å². The molecule has 3 atom stereocenters. The molecule has 1 aliphatic heterocycles. The molecule has 0 radical (unpaired) electrons. The van der Waals surface area contributed by atoms with Gasteiger partial charge in [0.25, 0.3) is 0 Å². The quantitative estimate of drug-likeness (QED) is 0.912. The lowest BCUT2D eigenvalue weighted by Crippen LogP contribution is -2.55. The third-order valence-corrected chi connectivity index (χ3v) is 4.03. The Kier molecular flexibility index (Phi) is 5.36. The Balaban J connectivity index is 2.00. The highest BCUT2D eigenvalue weighted by Gasteiger charge is 2.35. The first-order valence-corrected chi connectivity index (χ1v) is 7.14. The molecule has 1 aliphatic rings. The minimum absolute atomic E-state index is 0.0438. The summed E-state index contributed by atoms with van der Waals surface area (Å²) in [5.41, 5.74) is 1.20. The number of hydrogen-bond donors (Lipinski definition) is 1. The van der Waals surface area contributed by atoms with Gasteiger partial charge in [0.05, 0.1) is 19.3 Å². The largest absolute Gasteiger partial charge is 0.389 e. The van der Waals surface area contributed by atoms with Crippen molar-refractivity contribution < 1.29 is 14.6 Å². The van der Waals surface area contributed by atoms with Crippen molar-refractivity contribution in [1.82, 2.24) is 4.90 Å². The van der Waals surface area contributed by atoms with Crippen LogP contribution in [-0.2, 0) is 16.0 Å². The van der Waals surface area contributed by atoms with Gasteiger partial charge in [0.2, 0.25) is 0 Å². The topological polar surface area (TPSA) is 41.9 Å². The smallest absolute Gasteiger partial charge is 0.108 e. The monoisotopic (exact) mass is 329 g/mol. The molecule has 5 heteroatoms. The van der Waals surface area contributed by atoms with Gasteiger partial charge >= 0.3 is 0 Å². The fourth-order valence-electron chi connectivity index (χ4n) is 2.39. The number of rotatable bonds is 4. The van der Waals surface area contributed by atoms with Crippen LogP contribution in [0.2, 0.25) is 0 Å². The summed E-state index contributed by atoms with van der Waals surface area (Å²) in [6.07, 6.45) is -0.764. The number of aliphatic hydroxyl groups is 1. The van der Waals surface area contributed by atoms with Crippen LogP contribution < -0.4 is 0 Å². The predicted octanol–water partition coefficient (Wildman–Crippen LogP) is 1.66. The van der Waals surface area contributed by atoms with Crippen LogP contribution in [-0.4, -0.2) is 55.6 Å². The van der Waals surface area contributed by atoms with E-state index in [1.165, 1.54) is 5.56 Å². The fraction of sp³-hybridized carbons (Fsp3) is 0.571. The van der Waals surface area contributed by atoms with Crippen LogP contribution in [0.5, 0.6) is 0 Å². The number of likely N-dealkylation sites (N-methyl/N-ethyl adjacent to an activating group) is 1. The van der Waals surface area contributed by atoms with E-state index in [1.54, 1.807) is 7.11 Å².